The Morgan fingerprint density at radius 3 is 2.79 bits per heavy atom. The molecule has 0 atom stereocenters. The van der Waals surface area contributed by atoms with Gasteiger partial charge in [0.1, 0.15) is 6.61 Å². The number of aliphatic hydroxyl groups excluding tert-OH is 1. The molecule has 106 valence electrons. The average Bonchev–Trinajstić information content (AvgIpc) is 2.33. The molecule has 0 saturated heterocycles. The molecular formula is C12H15ClF2N2O2. The van der Waals surface area contributed by atoms with Crippen molar-refractivity contribution in [1.82, 2.24) is 5.32 Å². The molecule has 0 heterocycles. The number of aliphatic hydroxyl groups is 1. The first-order chi connectivity index (χ1) is 8.84. The van der Waals surface area contributed by atoms with Gasteiger partial charge in [0.15, 0.2) is 0 Å². The van der Waals surface area contributed by atoms with E-state index in [0.29, 0.717) is 10.7 Å². The van der Waals surface area contributed by atoms with Gasteiger partial charge in [0.05, 0.1) is 13.1 Å². The fourth-order valence-corrected chi connectivity index (χ4v) is 1.51. The van der Waals surface area contributed by atoms with Gasteiger partial charge in [-0.05, 0) is 24.6 Å². The molecule has 19 heavy (non-hydrogen) atoms. The van der Waals surface area contributed by atoms with Crippen LogP contribution in [0.4, 0.5) is 14.5 Å². The van der Waals surface area contributed by atoms with Crippen LogP contribution in [0.25, 0.3) is 0 Å². The highest BCUT2D eigenvalue weighted by Gasteiger charge is 2.27. The molecule has 1 aromatic carbocycles. The van der Waals surface area contributed by atoms with E-state index in [9.17, 15) is 13.6 Å². The van der Waals surface area contributed by atoms with Crippen molar-refractivity contribution in [3.63, 3.8) is 0 Å². The van der Waals surface area contributed by atoms with Crippen molar-refractivity contribution in [2.45, 2.75) is 12.8 Å². The Hall–Kier alpha value is -1.24. The lowest BCUT2D eigenvalue weighted by atomic mass is 10.2. The normalized spacial score (nSPS) is 11.4. The minimum absolute atomic E-state index is 0.276. The third-order valence-electron chi connectivity index (χ3n) is 2.37. The van der Waals surface area contributed by atoms with E-state index in [1.165, 1.54) is 0 Å². The molecule has 0 aliphatic rings. The number of hydrogen-bond acceptors (Lipinski definition) is 3. The Labute approximate surface area is 114 Å². The van der Waals surface area contributed by atoms with Gasteiger partial charge in [-0.1, -0.05) is 17.7 Å². The van der Waals surface area contributed by atoms with E-state index >= 15 is 0 Å². The van der Waals surface area contributed by atoms with Crippen LogP contribution in [0.1, 0.15) is 5.56 Å². The lowest BCUT2D eigenvalue weighted by Crippen LogP contribution is -2.39. The van der Waals surface area contributed by atoms with E-state index in [1.807, 2.05) is 0 Å². The van der Waals surface area contributed by atoms with Gasteiger partial charge in [-0.2, -0.15) is 0 Å². The fourth-order valence-electron chi connectivity index (χ4n) is 1.34. The zero-order valence-corrected chi connectivity index (χ0v) is 11.1. The minimum Gasteiger partial charge on any atom is -0.390 e. The summed E-state index contributed by atoms with van der Waals surface area (Å²) in [5.74, 6) is -3.69. The van der Waals surface area contributed by atoms with E-state index in [-0.39, 0.29) is 6.54 Å². The third kappa shape index (κ3) is 5.50. The second kappa shape index (κ2) is 6.79. The maximum atomic E-state index is 12.7. The largest absolute Gasteiger partial charge is 0.390 e. The molecular weight excluding hydrogens is 278 g/mol. The minimum atomic E-state index is -3.23. The van der Waals surface area contributed by atoms with Crippen molar-refractivity contribution in [2.24, 2.45) is 0 Å². The Balaban J connectivity index is 2.45. The summed E-state index contributed by atoms with van der Waals surface area (Å²) in [6.45, 7) is -0.499. The van der Waals surface area contributed by atoms with Crippen LogP contribution in [0.5, 0.6) is 0 Å². The van der Waals surface area contributed by atoms with Crippen LogP contribution in [0.15, 0.2) is 18.2 Å². The van der Waals surface area contributed by atoms with Gasteiger partial charge in [0, 0.05) is 10.7 Å². The van der Waals surface area contributed by atoms with Crippen LogP contribution < -0.4 is 10.6 Å². The monoisotopic (exact) mass is 292 g/mol. The number of hydrogen-bond donors (Lipinski definition) is 3. The number of carbonyl (C=O) groups is 1. The predicted molar refractivity (Wildman–Crippen MR) is 69.7 cm³/mol. The summed E-state index contributed by atoms with van der Waals surface area (Å²) in [5.41, 5.74) is 1.35. The lowest BCUT2D eigenvalue weighted by Gasteiger charge is -2.14. The molecule has 0 bridgehead atoms. The molecule has 0 spiro atoms. The summed E-state index contributed by atoms with van der Waals surface area (Å²) in [7, 11) is 0. The Morgan fingerprint density at radius 1 is 1.47 bits per heavy atom. The van der Waals surface area contributed by atoms with Crippen LogP contribution in [-0.4, -0.2) is 36.6 Å². The lowest BCUT2D eigenvalue weighted by molar-refractivity contribution is -0.115. The maximum absolute atomic E-state index is 12.7. The number of amides is 1. The highest BCUT2D eigenvalue weighted by molar-refractivity contribution is 6.31. The summed E-state index contributed by atoms with van der Waals surface area (Å²) in [6.07, 6.45) is 0. The van der Waals surface area contributed by atoms with E-state index in [2.05, 4.69) is 10.6 Å². The quantitative estimate of drug-likeness (QED) is 0.749. The molecule has 3 N–H and O–H groups in total. The number of rotatable bonds is 6. The molecule has 4 nitrogen and oxygen atoms in total. The number of carbonyl (C=O) groups excluding carboxylic acids is 1. The molecule has 0 fully saturated rings. The van der Waals surface area contributed by atoms with Gasteiger partial charge in [0.25, 0.3) is 5.92 Å². The highest BCUT2D eigenvalue weighted by Crippen LogP contribution is 2.19. The van der Waals surface area contributed by atoms with Crippen molar-refractivity contribution < 1.29 is 18.7 Å². The van der Waals surface area contributed by atoms with Crippen LogP contribution in [0.3, 0.4) is 0 Å². The second-order valence-electron chi connectivity index (χ2n) is 4.13. The second-order valence-corrected chi connectivity index (χ2v) is 4.56. The van der Waals surface area contributed by atoms with Crippen molar-refractivity contribution >= 4 is 23.2 Å². The van der Waals surface area contributed by atoms with Crippen molar-refractivity contribution in [3.8, 4) is 0 Å². The summed E-state index contributed by atoms with van der Waals surface area (Å²) >= 11 is 5.79. The number of aryl methyl sites for hydroxylation is 1. The Kier molecular flexibility index (Phi) is 5.65. The van der Waals surface area contributed by atoms with E-state index in [4.69, 9.17) is 16.7 Å². The van der Waals surface area contributed by atoms with Gasteiger partial charge in [-0.15, -0.1) is 0 Å². The molecule has 1 amide bonds. The maximum Gasteiger partial charge on any atom is 0.282 e. The van der Waals surface area contributed by atoms with Gasteiger partial charge in [-0.25, -0.2) is 8.78 Å². The summed E-state index contributed by atoms with van der Waals surface area (Å²) in [5, 5.41) is 13.7. The molecule has 0 aliphatic heterocycles. The number of alkyl halides is 2. The van der Waals surface area contributed by atoms with Crippen LogP contribution in [-0.2, 0) is 4.79 Å². The zero-order valence-electron chi connectivity index (χ0n) is 10.3. The average molecular weight is 293 g/mol. The molecule has 0 radical (unpaired) electrons. The van der Waals surface area contributed by atoms with E-state index in [1.54, 1.807) is 25.1 Å². The number of halogens is 3. The smallest absolute Gasteiger partial charge is 0.282 e. The molecule has 1 aromatic rings. The van der Waals surface area contributed by atoms with Crippen molar-refractivity contribution in [2.75, 3.05) is 25.0 Å². The molecule has 0 saturated carbocycles. The van der Waals surface area contributed by atoms with Crippen LogP contribution in [0.2, 0.25) is 5.02 Å². The molecule has 0 unspecified atom stereocenters. The molecule has 0 aliphatic carbocycles. The molecule has 0 aromatic heterocycles. The Bertz CT molecular complexity index is 455. The van der Waals surface area contributed by atoms with E-state index < -0.39 is 25.0 Å². The molecule has 7 heteroatoms. The summed E-state index contributed by atoms with van der Waals surface area (Å²) in [4.78, 5) is 11.5. The summed E-state index contributed by atoms with van der Waals surface area (Å²) < 4.78 is 25.4. The molecule has 1 rings (SSSR count). The van der Waals surface area contributed by atoms with Crippen LogP contribution >= 0.6 is 11.6 Å². The van der Waals surface area contributed by atoms with Crippen LogP contribution in [0, 0.1) is 6.92 Å². The Morgan fingerprint density at radius 2 is 2.16 bits per heavy atom. The first-order valence-corrected chi connectivity index (χ1v) is 5.97. The summed E-state index contributed by atoms with van der Waals surface area (Å²) in [6, 6.07) is 5.01. The highest BCUT2D eigenvalue weighted by atomic mass is 35.5. The van der Waals surface area contributed by atoms with Crippen molar-refractivity contribution in [3.05, 3.63) is 28.8 Å². The predicted octanol–water partition coefficient (Wildman–Crippen LogP) is 1.80. The topological polar surface area (TPSA) is 61.4 Å². The zero-order chi connectivity index (χ0) is 14.5. The number of anilines is 1. The van der Waals surface area contributed by atoms with Gasteiger partial charge in [0.2, 0.25) is 5.91 Å². The van der Waals surface area contributed by atoms with E-state index in [0.717, 1.165) is 5.56 Å². The van der Waals surface area contributed by atoms with Gasteiger partial charge < -0.3 is 15.7 Å². The first kappa shape index (κ1) is 15.8. The fraction of sp³-hybridized carbons (Fsp3) is 0.417. The first-order valence-electron chi connectivity index (χ1n) is 5.59. The number of benzene rings is 1. The SMILES string of the molecule is Cc1ccc(Cl)cc1NC(=O)CNCC(F)(F)CO. The van der Waals surface area contributed by atoms with Gasteiger partial charge in [-0.3, -0.25) is 4.79 Å². The third-order valence-corrected chi connectivity index (χ3v) is 2.61. The van der Waals surface area contributed by atoms with Gasteiger partial charge >= 0.3 is 0 Å². The number of nitrogens with one attached hydrogen (secondary N) is 2. The van der Waals surface area contributed by atoms with Crippen molar-refractivity contribution in [1.29, 1.82) is 0 Å². The standard InChI is InChI=1S/C12H15ClF2N2O2/c1-8-2-3-9(13)4-10(8)17-11(19)5-16-6-12(14,15)7-18/h2-4,16,18H,5-7H2,1H3,(H,17,19).